The fourth-order valence-corrected chi connectivity index (χ4v) is 7.81. The third kappa shape index (κ3) is 14.5. The molecule has 4 heteroatoms. The maximum Gasteiger partial charge on any atom is 0.311 e. The number of unbranched alkanes of at least 4 members (excludes halogenated alkanes) is 24. The Kier molecular flexibility index (Phi) is 23.0. The van der Waals surface area contributed by atoms with Crippen LogP contribution >= 0.6 is 0 Å². The molecule has 1 aliphatic rings. The van der Waals surface area contributed by atoms with Crippen LogP contribution in [0.5, 0.6) is 0 Å². The van der Waals surface area contributed by atoms with Crippen LogP contribution in [-0.2, 0) is 9.59 Å². The summed E-state index contributed by atoms with van der Waals surface area (Å²) in [6, 6.07) is 0. The molecule has 0 saturated heterocycles. The molecule has 1 aliphatic carbocycles. The first-order valence-corrected chi connectivity index (χ1v) is 19.0. The van der Waals surface area contributed by atoms with Gasteiger partial charge < -0.3 is 10.2 Å². The molecule has 3 unspecified atom stereocenters. The summed E-state index contributed by atoms with van der Waals surface area (Å²) in [6.07, 6.45) is 37.6. The lowest BCUT2D eigenvalue weighted by Gasteiger charge is -2.50. The van der Waals surface area contributed by atoms with Crippen molar-refractivity contribution in [2.75, 3.05) is 0 Å². The highest BCUT2D eigenvalue weighted by molar-refractivity contribution is 5.88. The Morgan fingerprint density at radius 1 is 0.535 bits per heavy atom. The zero-order chi connectivity index (χ0) is 31.7. The minimum atomic E-state index is -1.22. The molecule has 3 atom stereocenters. The molecule has 0 aromatic heterocycles. The van der Waals surface area contributed by atoms with E-state index in [0.29, 0.717) is 19.3 Å². The summed E-state index contributed by atoms with van der Waals surface area (Å²) >= 11 is 0. The molecule has 0 saturated carbocycles. The number of carboxylic acid groups (broad SMARTS) is 2. The van der Waals surface area contributed by atoms with E-state index in [-0.39, 0.29) is 5.92 Å². The van der Waals surface area contributed by atoms with Crippen molar-refractivity contribution in [2.24, 2.45) is 16.7 Å². The largest absolute Gasteiger partial charge is 0.481 e. The van der Waals surface area contributed by atoms with Crippen LogP contribution in [-0.4, -0.2) is 22.2 Å². The van der Waals surface area contributed by atoms with Crippen LogP contribution in [0.1, 0.15) is 207 Å². The summed E-state index contributed by atoms with van der Waals surface area (Å²) in [5.74, 6) is -2.07. The van der Waals surface area contributed by atoms with Crippen molar-refractivity contribution in [3.63, 3.8) is 0 Å². The Morgan fingerprint density at radius 3 is 1.19 bits per heavy atom. The normalized spacial score (nSPS) is 21.8. The highest BCUT2D eigenvalue weighted by atomic mass is 16.4. The highest BCUT2D eigenvalue weighted by Crippen LogP contribution is 2.57. The van der Waals surface area contributed by atoms with Crippen molar-refractivity contribution in [2.45, 2.75) is 207 Å². The topological polar surface area (TPSA) is 74.6 Å². The minimum absolute atomic E-state index is 0.269. The van der Waals surface area contributed by atoms with Crippen LogP contribution in [0.15, 0.2) is 12.2 Å². The van der Waals surface area contributed by atoms with Gasteiger partial charge in [0.15, 0.2) is 0 Å². The van der Waals surface area contributed by atoms with Gasteiger partial charge in [0.05, 0.1) is 10.8 Å². The molecule has 0 aromatic carbocycles. The van der Waals surface area contributed by atoms with Crippen molar-refractivity contribution in [1.82, 2.24) is 0 Å². The molecule has 0 spiro atoms. The van der Waals surface area contributed by atoms with E-state index in [9.17, 15) is 19.8 Å². The number of carboxylic acids is 2. The van der Waals surface area contributed by atoms with Crippen molar-refractivity contribution in [1.29, 1.82) is 0 Å². The molecule has 0 heterocycles. The standard InChI is InChI=1S/C39H72O4/c1-4-6-8-10-12-14-16-18-20-22-24-26-28-32-38(36(40)41)33-30-31-35(3)39(38,37(42)43)34-29-27-25-23-21-19-17-15-13-11-9-7-5-2/h30-31,35H,4-29,32-34H2,1-3H3,(H,40,41)(H,42,43). The average molecular weight is 605 g/mol. The van der Waals surface area contributed by atoms with Gasteiger partial charge in [-0.2, -0.15) is 0 Å². The molecule has 0 radical (unpaired) electrons. The molecule has 252 valence electrons. The zero-order valence-corrected chi connectivity index (χ0v) is 28.9. The van der Waals surface area contributed by atoms with Crippen LogP contribution in [0.3, 0.4) is 0 Å². The van der Waals surface area contributed by atoms with Gasteiger partial charge in [0.2, 0.25) is 0 Å². The maximum absolute atomic E-state index is 13.0. The minimum Gasteiger partial charge on any atom is -0.481 e. The van der Waals surface area contributed by atoms with E-state index in [1.165, 1.54) is 128 Å². The Balaban J connectivity index is 2.45. The van der Waals surface area contributed by atoms with Crippen molar-refractivity contribution in [3.05, 3.63) is 12.2 Å². The lowest BCUT2D eigenvalue weighted by atomic mass is 9.50. The summed E-state index contributed by atoms with van der Waals surface area (Å²) < 4.78 is 0. The number of rotatable bonds is 30. The van der Waals surface area contributed by atoms with E-state index in [1.807, 2.05) is 19.1 Å². The molecule has 0 amide bonds. The van der Waals surface area contributed by atoms with Gasteiger partial charge in [-0.15, -0.1) is 0 Å². The van der Waals surface area contributed by atoms with E-state index >= 15 is 0 Å². The Labute approximate surface area is 267 Å². The first-order chi connectivity index (χ1) is 20.9. The van der Waals surface area contributed by atoms with Crippen LogP contribution in [0, 0.1) is 16.7 Å². The fraction of sp³-hybridized carbons (Fsp3) is 0.897. The zero-order valence-electron chi connectivity index (χ0n) is 28.9. The molecule has 2 N–H and O–H groups in total. The second kappa shape index (κ2) is 24.9. The molecule has 0 aromatic rings. The molecule has 4 nitrogen and oxygen atoms in total. The summed E-state index contributed by atoms with van der Waals surface area (Å²) in [5, 5.41) is 21.2. The van der Waals surface area contributed by atoms with Gasteiger partial charge in [0.1, 0.15) is 0 Å². The van der Waals surface area contributed by atoms with E-state index in [0.717, 1.165) is 38.5 Å². The van der Waals surface area contributed by atoms with Crippen LogP contribution in [0.25, 0.3) is 0 Å². The van der Waals surface area contributed by atoms with Gasteiger partial charge in [0, 0.05) is 0 Å². The molecular formula is C39H72O4. The fourth-order valence-electron chi connectivity index (χ4n) is 7.81. The smallest absolute Gasteiger partial charge is 0.311 e. The predicted molar refractivity (Wildman–Crippen MR) is 184 cm³/mol. The lowest BCUT2D eigenvalue weighted by Crippen LogP contribution is -2.57. The summed E-state index contributed by atoms with van der Waals surface area (Å²) in [6.45, 7) is 6.46. The SMILES string of the molecule is CCCCCCCCCCCCCCCC1(C(=O)O)CC=CC(C)C1(CCCCCCCCCCCCCCC)C(=O)O. The van der Waals surface area contributed by atoms with Gasteiger partial charge in [-0.1, -0.05) is 200 Å². The van der Waals surface area contributed by atoms with E-state index in [4.69, 9.17) is 0 Å². The molecular weight excluding hydrogens is 532 g/mol. The molecule has 0 bridgehead atoms. The van der Waals surface area contributed by atoms with Gasteiger partial charge >= 0.3 is 11.9 Å². The Hall–Kier alpha value is -1.32. The average Bonchev–Trinajstić information content (AvgIpc) is 2.98. The molecule has 0 aliphatic heterocycles. The summed E-state index contributed by atoms with van der Waals surface area (Å²) in [5.41, 5.74) is -2.43. The second-order valence-corrected chi connectivity index (χ2v) is 14.1. The molecule has 0 fully saturated rings. The summed E-state index contributed by atoms with van der Waals surface area (Å²) in [7, 11) is 0. The Bertz CT molecular complexity index is 731. The monoisotopic (exact) mass is 605 g/mol. The molecule has 43 heavy (non-hydrogen) atoms. The number of aliphatic carboxylic acids is 2. The van der Waals surface area contributed by atoms with Crippen molar-refractivity contribution < 1.29 is 19.8 Å². The predicted octanol–water partition coefficient (Wildman–Crippen LogP) is 12.7. The van der Waals surface area contributed by atoms with E-state index in [2.05, 4.69) is 13.8 Å². The number of hydrogen-bond acceptors (Lipinski definition) is 2. The second-order valence-electron chi connectivity index (χ2n) is 14.1. The quantitative estimate of drug-likeness (QED) is 0.0631. The third-order valence-electron chi connectivity index (χ3n) is 10.7. The van der Waals surface area contributed by atoms with Gasteiger partial charge in [-0.3, -0.25) is 9.59 Å². The van der Waals surface area contributed by atoms with Crippen LogP contribution in [0.2, 0.25) is 0 Å². The van der Waals surface area contributed by atoms with Crippen LogP contribution < -0.4 is 0 Å². The van der Waals surface area contributed by atoms with E-state index < -0.39 is 22.8 Å². The lowest BCUT2D eigenvalue weighted by molar-refractivity contribution is -0.182. The first-order valence-electron chi connectivity index (χ1n) is 19.0. The number of allylic oxidation sites excluding steroid dienone is 2. The number of hydrogen-bond donors (Lipinski definition) is 2. The van der Waals surface area contributed by atoms with E-state index in [1.54, 1.807) is 0 Å². The molecule has 1 rings (SSSR count). The van der Waals surface area contributed by atoms with Crippen molar-refractivity contribution >= 4 is 11.9 Å². The van der Waals surface area contributed by atoms with Crippen LogP contribution in [0.4, 0.5) is 0 Å². The number of carbonyl (C=O) groups is 2. The van der Waals surface area contributed by atoms with Crippen molar-refractivity contribution in [3.8, 4) is 0 Å². The first kappa shape index (κ1) is 39.7. The third-order valence-corrected chi connectivity index (χ3v) is 10.7. The maximum atomic E-state index is 13.0. The van der Waals surface area contributed by atoms with Gasteiger partial charge in [-0.25, -0.2) is 0 Å². The Morgan fingerprint density at radius 2 is 0.860 bits per heavy atom. The van der Waals surface area contributed by atoms with Gasteiger partial charge in [-0.05, 0) is 25.2 Å². The van der Waals surface area contributed by atoms with Gasteiger partial charge in [0.25, 0.3) is 0 Å². The highest BCUT2D eigenvalue weighted by Gasteiger charge is 2.63. The summed E-state index contributed by atoms with van der Waals surface area (Å²) in [4.78, 5) is 25.9.